The Balaban J connectivity index is 2.83. The topological polar surface area (TPSA) is 41.1 Å². The maximum absolute atomic E-state index is 13.5. The SMILES string of the molecule is C=CCNC(C(=O)NC1CCC(F)(F)CC1)/C(C=C)=C/C(F)=C\C. The van der Waals surface area contributed by atoms with Crippen LogP contribution in [0.5, 0.6) is 0 Å². The van der Waals surface area contributed by atoms with Crippen LogP contribution in [0, 0.1) is 0 Å². The fourth-order valence-corrected chi connectivity index (χ4v) is 2.53. The minimum atomic E-state index is -2.65. The first-order valence-electron chi connectivity index (χ1n) is 8.01. The van der Waals surface area contributed by atoms with E-state index in [0.29, 0.717) is 12.1 Å². The maximum atomic E-state index is 13.5. The van der Waals surface area contributed by atoms with Gasteiger partial charge in [0.2, 0.25) is 11.8 Å². The highest BCUT2D eigenvalue weighted by molar-refractivity contribution is 5.86. The van der Waals surface area contributed by atoms with Crippen LogP contribution in [0.1, 0.15) is 32.6 Å². The monoisotopic (exact) mass is 342 g/mol. The lowest BCUT2D eigenvalue weighted by Gasteiger charge is -2.30. The van der Waals surface area contributed by atoms with Gasteiger partial charge in [-0.2, -0.15) is 0 Å². The van der Waals surface area contributed by atoms with Gasteiger partial charge in [-0.3, -0.25) is 10.1 Å². The van der Waals surface area contributed by atoms with Crippen molar-refractivity contribution in [2.45, 2.75) is 50.6 Å². The van der Waals surface area contributed by atoms with Crippen molar-refractivity contribution >= 4 is 5.91 Å². The first-order chi connectivity index (χ1) is 11.3. The summed E-state index contributed by atoms with van der Waals surface area (Å²) in [6, 6.07) is -1.13. The Labute approximate surface area is 141 Å². The van der Waals surface area contributed by atoms with E-state index in [1.807, 2.05) is 0 Å². The van der Waals surface area contributed by atoms with Crippen molar-refractivity contribution in [2.75, 3.05) is 6.54 Å². The van der Waals surface area contributed by atoms with E-state index in [9.17, 15) is 18.0 Å². The summed E-state index contributed by atoms with van der Waals surface area (Å²) in [6.45, 7) is 9.08. The van der Waals surface area contributed by atoms with Crippen molar-refractivity contribution in [1.82, 2.24) is 10.6 Å². The van der Waals surface area contributed by atoms with E-state index in [4.69, 9.17) is 0 Å². The molecule has 0 heterocycles. The zero-order chi connectivity index (χ0) is 18.2. The van der Waals surface area contributed by atoms with E-state index in [1.165, 1.54) is 18.2 Å². The second kappa shape index (κ2) is 9.47. The molecule has 0 aromatic heterocycles. The number of alkyl halides is 2. The zero-order valence-electron chi connectivity index (χ0n) is 14.0. The van der Waals surface area contributed by atoms with Crippen molar-refractivity contribution < 1.29 is 18.0 Å². The molecule has 1 unspecified atom stereocenters. The van der Waals surface area contributed by atoms with Crippen LogP contribution in [0.25, 0.3) is 0 Å². The molecule has 1 aliphatic carbocycles. The van der Waals surface area contributed by atoms with Gasteiger partial charge in [0, 0.05) is 25.4 Å². The van der Waals surface area contributed by atoms with Gasteiger partial charge >= 0.3 is 0 Å². The second-order valence-electron chi connectivity index (χ2n) is 5.79. The summed E-state index contributed by atoms with van der Waals surface area (Å²) in [7, 11) is 0. The van der Waals surface area contributed by atoms with Crippen molar-refractivity contribution in [3.05, 3.63) is 48.9 Å². The predicted octanol–water partition coefficient (Wildman–Crippen LogP) is 3.81. The summed E-state index contributed by atoms with van der Waals surface area (Å²) in [5, 5.41) is 5.72. The van der Waals surface area contributed by atoms with Crippen LogP contribution in [-0.2, 0) is 4.79 Å². The number of carbonyl (C=O) groups is 1. The Morgan fingerprint density at radius 3 is 2.46 bits per heavy atom. The lowest BCUT2D eigenvalue weighted by molar-refractivity contribution is -0.124. The average Bonchev–Trinajstić information content (AvgIpc) is 2.55. The molecule has 0 aromatic rings. The highest BCUT2D eigenvalue weighted by Gasteiger charge is 2.36. The van der Waals surface area contributed by atoms with Crippen molar-refractivity contribution in [3.8, 4) is 0 Å². The van der Waals surface area contributed by atoms with Crippen LogP contribution in [-0.4, -0.2) is 30.5 Å². The van der Waals surface area contributed by atoms with Crippen LogP contribution in [0.4, 0.5) is 13.2 Å². The molecule has 0 spiro atoms. The van der Waals surface area contributed by atoms with E-state index in [1.54, 1.807) is 13.0 Å². The molecule has 0 aliphatic heterocycles. The smallest absolute Gasteiger partial charge is 0.248 e. The molecule has 0 aromatic carbocycles. The number of rotatable bonds is 8. The van der Waals surface area contributed by atoms with E-state index >= 15 is 0 Å². The van der Waals surface area contributed by atoms with Gasteiger partial charge in [0.15, 0.2) is 0 Å². The molecule has 1 aliphatic rings. The molecule has 0 radical (unpaired) electrons. The predicted molar refractivity (Wildman–Crippen MR) is 90.5 cm³/mol. The molecule has 1 rings (SSSR count). The number of hydrogen-bond donors (Lipinski definition) is 2. The Morgan fingerprint density at radius 2 is 1.96 bits per heavy atom. The van der Waals surface area contributed by atoms with E-state index < -0.39 is 17.8 Å². The number of amides is 1. The van der Waals surface area contributed by atoms with Crippen molar-refractivity contribution in [3.63, 3.8) is 0 Å². The Morgan fingerprint density at radius 1 is 1.33 bits per heavy atom. The Kier molecular flexibility index (Phi) is 7.98. The molecule has 134 valence electrons. The first kappa shape index (κ1) is 20.2. The molecule has 1 atom stereocenters. The zero-order valence-corrected chi connectivity index (χ0v) is 14.0. The van der Waals surface area contributed by atoms with Gasteiger partial charge in [-0.25, -0.2) is 13.2 Å². The molecule has 0 bridgehead atoms. The number of hydrogen-bond acceptors (Lipinski definition) is 2. The third-order valence-electron chi connectivity index (χ3n) is 3.94. The lowest BCUT2D eigenvalue weighted by Crippen LogP contribution is -2.50. The number of allylic oxidation sites excluding steroid dienone is 3. The largest absolute Gasteiger partial charge is 0.352 e. The van der Waals surface area contributed by atoms with Gasteiger partial charge in [0.1, 0.15) is 11.9 Å². The van der Waals surface area contributed by atoms with Crippen LogP contribution < -0.4 is 10.6 Å². The van der Waals surface area contributed by atoms with Gasteiger partial charge in [-0.05, 0) is 31.4 Å². The minimum absolute atomic E-state index is 0.225. The highest BCUT2D eigenvalue weighted by atomic mass is 19.3. The molecule has 6 heteroatoms. The fourth-order valence-electron chi connectivity index (χ4n) is 2.53. The molecular weight excluding hydrogens is 317 g/mol. The summed E-state index contributed by atoms with van der Waals surface area (Å²) in [5.41, 5.74) is 0.367. The van der Waals surface area contributed by atoms with Gasteiger partial charge in [-0.1, -0.05) is 24.8 Å². The number of carbonyl (C=O) groups excluding carboxylic acids is 1. The average molecular weight is 342 g/mol. The van der Waals surface area contributed by atoms with E-state index in [0.717, 1.165) is 0 Å². The lowest BCUT2D eigenvalue weighted by atomic mass is 9.92. The van der Waals surface area contributed by atoms with Crippen LogP contribution >= 0.6 is 0 Å². The summed E-state index contributed by atoms with van der Waals surface area (Å²) in [4.78, 5) is 12.5. The van der Waals surface area contributed by atoms with Gasteiger partial charge in [0.25, 0.3) is 0 Å². The van der Waals surface area contributed by atoms with Gasteiger partial charge < -0.3 is 5.32 Å². The summed E-state index contributed by atoms with van der Waals surface area (Å²) in [5.74, 6) is -3.52. The standard InChI is InChI=1S/C18H25F3N2O/c1-4-11-22-16(13(5-2)12-14(19)6-3)17(24)23-15-7-9-18(20,21)10-8-15/h4-6,12,15-16,22H,1-2,7-11H2,3H3,(H,23,24)/b13-12+,14-6+. The quantitative estimate of drug-likeness (QED) is 0.520. The van der Waals surface area contributed by atoms with Crippen molar-refractivity contribution in [2.24, 2.45) is 0 Å². The molecule has 2 N–H and O–H groups in total. The van der Waals surface area contributed by atoms with Gasteiger partial charge in [0.05, 0.1) is 0 Å². The van der Waals surface area contributed by atoms with Crippen LogP contribution in [0.15, 0.2) is 48.9 Å². The Bertz CT molecular complexity index is 516. The Hall–Kier alpha value is -1.82. The minimum Gasteiger partial charge on any atom is -0.352 e. The first-order valence-corrected chi connectivity index (χ1v) is 8.01. The number of nitrogens with one attached hydrogen (secondary N) is 2. The number of halogens is 3. The third-order valence-corrected chi connectivity index (χ3v) is 3.94. The molecule has 3 nitrogen and oxygen atoms in total. The third kappa shape index (κ3) is 6.35. The summed E-state index contributed by atoms with van der Waals surface area (Å²) in [6.07, 6.45) is 5.46. The molecule has 24 heavy (non-hydrogen) atoms. The maximum Gasteiger partial charge on any atom is 0.248 e. The molecule has 0 saturated heterocycles. The fraction of sp³-hybridized carbons (Fsp3) is 0.500. The van der Waals surface area contributed by atoms with Gasteiger partial charge in [-0.15, -0.1) is 6.58 Å². The summed E-state index contributed by atoms with van der Waals surface area (Å²) < 4.78 is 39.9. The highest BCUT2D eigenvalue weighted by Crippen LogP contribution is 2.33. The normalized spacial score (nSPS) is 20.3. The molecule has 1 fully saturated rings. The van der Waals surface area contributed by atoms with Crippen molar-refractivity contribution in [1.29, 1.82) is 0 Å². The molecule has 1 saturated carbocycles. The molecular formula is C18H25F3N2O. The second-order valence-corrected chi connectivity index (χ2v) is 5.79. The van der Waals surface area contributed by atoms with Crippen LogP contribution in [0.3, 0.4) is 0 Å². The summed E-state index contributed by atoms with van der Waals surface area (Å²) >= 11 is 0. The molecule has 1 amide bonds. The van der Waals surface area contributed by atoms with E-state index in [2.05, 4.69) is 23.8 Å². The van der Waals surface area contributed by atoms with Crippen LogP contribution in [0.2, 0.25) is 0 Å². The van der Waals surface area contributed by atoms with E-state index in [-0.39, 0.29) is 37.6 Å².